The molecule has 2 heterocycles. The minimum atomic E-state index is -0.333. The van der Waals surface area contributed by atoms with E-state index in [1.54, 1.807) is 71.8 Å². The van der Waals surface area contributed by atoms with E-state index in [-0.39, 0.29) is 12.5 Å². The Kier molecular flexibility index (Phi) is 6.30. The predicted octanol–water partition coefficient (Wildman–Crippen LogP) is 4.78. The Morgan fingerprint density at radius 3 is 2.65 bits per heavy atom. The summed E-state index contributed by atoms with van der Waals surface area (Å²) in [5.41, 5.74) is 0.588. The summed E-state index contributed by atoms with van der Waals surface area (Å²) in [6.07, 6.45) is 6.47. The normalized spacial score (nSPS) is 10.5. The van der Waals surface area contributed by atoms with Gasteiger partial charge in [0.1, 0.15) is 30.0 Å². The fourth-order valence-corrected chi connectivity index (χ4v) is 3.04. The van der Waals surface area contributed by atoms with Crippen LogP contribution in [0.1, 0.15) is 0 Å². The summed E-state index contributed by atoms with van der Waals surface area (Å²) < 4.78 is 12.9. The maximum atomic E-state index is 12.1. The smallest absolute Gasteiger partial charge is 0.262 e. The number of anilines is 1. The lowest BCUT2D eigenvalue weighted by Crippen LogP contribution is -2.20. The minimum Gasteiger partial charge on any atom is -0.482 e. The van der Waals surface area contributed by atoms with Gasteiger partial charge in [-0.1, -0.05) is 23.2 Å². The summed E-state index contributed by atoms with van der Waals surface area (Å²) in [6, 6.07) is 13.3. The van der Waals surface area contributed by atoms with E-state index in [1.165, 1.54) is 6.33 Å². The highest BCUT2D eigenvalue weighted by molar-refractivity contribution is 6.35. The lowest BCUT2D eigenvalue weighted by atomic mass is 10.3. The number of ether oxygens (including phenoxy) is 2. The van der Waals surface area contributed by atoms with Crippen molar-refractivity contribution in [1.82, 2.24) is 19.5 Å². The highest BCUT2D eigenvalue weighted by Crippen LogP contribution is 2.27. The van der Waals surface area contributed by atoms with Gasteiger partial charge in [0.05, 0.1) is 5.02 Å². The molecule has 2 aromatic carbocycles. The molecule has 10 heteroatoms. The van der Waals surface area contributed by atoms with Crippen molar-refractivity contribution in [3.8, 4) is 23.2 Å². The van der Waals surface area contributed by atoms with Gasteiger partial charge in [-0.25, -0.2) is 15.0 Å². The van der Waals surface area contributed by atoms with Gasteiger partial charge in [-0.2, -0.15) is 0 Å². The molecule has 0 atom stereocenters. The number of halogens is 2. The molecule has 4 aromatic rings. The van der Waals surface area contributed by atoms with Gasteiger partial charge in [0, 0.05) is 29.2 Å². The number of nitrogens with one attached hydrogen (secondary N) is 1. The van der Waals surface area contributed by atoms with Crippen molar-refractivity contribution in [3.63, 3.8) is 0 Å². The summed E-state index contributed by atoms with van der Waals surface area (Å²) in [7, 11) is 0. The van der Waals surface area contributed by atoms with Crippen molar-refractivity contribution in [2.24, 2.45) is 0 Å². The first-order valence-corrected chi connectivity index (χ1v) is 9.78. The highest BCUT2D eigenvalue weighted by Gasteiger charge is 2.08. The first kappa shape index (κ1) is 20.6. The molecule has 0 aliphatic carbocycles. The predicted molar refractivity (Wildman–Crippen MR) is 116 cm³/mol. The molecular formula is C21H15Cl2N5O3. The van der Waals surface area contributed by atoms with E-state index in [2.05, 4.69) is 20.3 Å². The number of carbonyl (C=O) groups is 1. The van der Waals surface area contributed by atoms with Gasteiger partial charge < -0.3 is 14.8 Å². The molecule has 1 N–H and O–H groups in total. The van der Waals surface area contributed by atoms with Crippen molar-refractivity contribution in [3.05, 3.63) is 83.6 Å². The fourth-order valence-electron chi connectivity index (χ4n) is 2.58. The second-order valence-corrected chi connectivity index (χ2v) is 7.07. The Labute approximate surface area is 187 Å². The molecule has 4 rings (SSSR count). The molecule has 2 aromatic heterocycles. The average Bonchev–Trinajstić information content (AvgIpc) is 3.30. The monoisotopic (exact) mass is 455 g/mol. The number of rotatable bonds is 7. The first-order chi connectivity index (χ1) is 15.1. The molecule has 156 valence electrons. The van der Waals surface area contributed by atoms with Crippen LogP contribution in [0, 0.1) is 0 Å². The molecule has 0 fully saturated rings. The van der Waals surface area contributed by atoms with E-state index in [9.17, 15) is 4.79 Å². The van der Waals surface area contributed by atoms with Crippen LogP contribution in [0.25, 0.3) is 5.82 Å². The van der Waals surface area contributed by atoms with E-state index in [0.717, 1.165) is 0 Å². The van der Waals surface area contributed by atoms with E-state index < -0.39 is 0 Å². The van der Waals surface area contributed by atoms with Gasteiger partial charge in [0.15, 0.2) is 6.61 Å². The fraction of sp³-hybridized carbons (Fsp3) is 0.0476. The summed E-state index contributed by atoms with van der Waals surface area (Å²) in [4.78, 5) is 24.4. The zero-order valence-electron chi connectivity index (χ0n) is 15.9. The number of amides is 1. The van der Waals surface area contributed by atoms with Gasteiger partial charge >= 0.3 is 0 Å². The SMILES string of the molecule is O=C(COc1ccc(Cl)cc1Cl)Nc1ccc(Oc2cc(-n3ccnc3)ncn2)cc1. The van der Waals surface area contributed by atoms with Crippen LogP contribution in [-0.2, 0) is 4.79 Å². The lowest BCUT2D eigenvalue weighted by Gasteiger charge is -2.10. The van der Waals surface area contributed by atoms with Gasteiger partial charge in [-0.3, -0.25) is 9.36 Å². The van der Waals surface area contributed by atoms with Gasteiger partial charge in [-0.15, -0.1) is 0 Å². The Hall–Kier alpha value is -3.62. The topological polar surface area (TPSA) is 91.2 Å². The van der Waals surface area contributed by atoms with Crippen molar-refractivity contribution < 1.29 is 14.3 Å². The molecule has 1 amide bonds. The standard InChI is InChI=1S/C21H15Cl2N5O3/c22-14-1-6-18(17(23)9-14)30-11-20(29)27-15-2-4-16(5-3-15)31-21-10-19(25-12-26-21)28-8-7-24-13-28/h1-10,12-13H,11H2,(H,27,29). The third-order valence-corrected chi connectivity index (χ3v) is 4.54. The number of hydrogen-bond donors (Lipinski definition) is 1. The third-order valence-electron chi connectivity index (χ3n) is 4.01. The van der Waals surface area contributed by atoms with Crippen molar-refractivity contribution in [2.75, 3.05) is 11.9 Å². The Morgan fingerprint density at radius 2 is 1.90 bits per heavy atom. The van der Waals surface area contributed by atoms with Crippen LogP contribution in [0.15, 0.2) is 73.6 Å². The molecule has 0 saturated carbocycles. The quantitative estimate of drug-likeness (QED) is 0.431. The molecule has 0 saturated heterocycles. The van der Waals surface area contributed by atoms with Crippen LogP contribution in [0.3, 0.4) is 0 Å². The number of aromatic nitrogens is 4. The first-order valence-electron chi connectivity index (χ1n) is 9.03. The molecule has 0 radical (unpaired) electrons. The Morgan fingerprint density at radius 1 is 1.06 bits per heavy atom. The average molecular weight is 456 g/mol. The van der Waals surface area contributed by atoms with Gasteiger partial charge in [-0.05, 0) is 42.5 Å². The van der Waals surface area contributed by atoms with Gasteiger partial charge in [0.25, 0.3) is 5.91 Å². The second-order valence-electron chi connectivity index (χ2n) is 6.22. The maximum Gasteiger partial charge on any atom is 0.262 e. The van der Waals surface area contributed by atoms with E-state index in [0.29, 0.717) is 38.9 Å². The highest BCUT2D eigenvalue weighted by atomic mass is 35.5. The summed E-state index contributed by atoms with van der Waals surface area (Å²) in [6.45, 7) is -0.197. The number of carbonyl (C=O) groups excluding carboxylic acids is 1. The van der Waals surface area contributed by atoms with E-state index in [4.69, 9.17) is 32.7 Å². The molecular weight excluding hydrogens is 441 g/mol. The number of benzene rings is 2. The second kappa shape index (κ2) is 9.46. The number of hydrogen-bond acceptors (Lipinski definition) is 6. The maximum absolute atomic E-state index is 12.1. The van der Waals surface area contributed by atoms with Crippen molar-refractivity contribution in [1.29, 1.82) is 0 Å². The van der Waals surface area contributed by atoms with Crippen LogP contribution in [0.4, 0.5) is 5.69 Å². The minimum absolute atomic E-state index is 0.197. The molecule has 0 aliphatic heterocycles. The third kappa shape index (κ3) is 5.50. The summed E-state index contributed by atoms with van der Waals surface area (Å²) >= 11 is 11.9. The zero-order chi connectivity index (χ0) is 21.6. The molecule has 31 heavy (non-hydrogen) atoms. The zero-order valence-corrected chi connectivity index (χ0v) is 17.4. The van der Waals surface area contributed by atoms with Crippen LogP contribution in [0.2, 0.25) is 10.0 Å². The van der Waals surface area contributed by atoms with E-state index >= 15 is 0 Å². The Bertz CT molecular complexity index is 1180. The van der Waals surface area contributed by atoms with Crippen LogP contribution in [-0.4, -0.2) is 32.0 Å². The molecule has 0 aliphatic rings. The molecule has 0 spiro atoms. The largest absolute Gasteiger partial charge is 0.482 e. The Balaban J connectivity index is 1.33. The molecule has 0 unspecified atom stereocenters. The van der Waals surface area contributed by atoms with Crippen LogP contribution < -0.4 is 14.8 Å². The van der Waals surface area contributed by atoms with Crippen molar-refractivity contribution >= 4 is 34.8 Å². The summed E-state index contributed by atoms with van der Waals surface area (Å²) in [5.74, 6) is 1.61. The van der Waals surface area contributed by atoms with Gasteiger partial charge in [0.2, 0.25) is 5.88 Å². The van der Waals surface area contributed by atoms with E-state index in [1.807, 2.05) is 0 Å². The van der Waals surface area contributed by atoms with Crippen LogP contribution >= 0.6 is 23.2 Å². The van der Waals surface area contributed by atoms with Crippen LogP contribution in [0.5, 0.6) is 17.4 Å². The lowest BCUT2D eigenvalue weighted by molar-refractivity contribution is -0.118. The summed E-state index contributed by atoms with van der Waals surface area (Å²) in [5, 5.41) is 3.56. The molecule has 8 nitrogen and oxygen atoms in total. The number of imidazole rings is 1. The van der Waals surface area contributed by atoms with Crippen molar-refractivity contribution in [2.45, 2.75) is 0 Å². The number of nitrogens with zero attached hydrogens (tertiary/aromatic N) is 4. The molecule has 0 bridgehead atoms.